The number of benzene rings is 2. The van der Waals surface area contributed by atoms with Crippen LogP contribution in [0.25, 0.3) is 11.0 Å². The van der Waals surface area contributed by atoms with E-state index in [-0.39, 0.29) is 24.3 Å². The van der Waals surface area contributed by atoms with Crippen LogP contribution in [0.3, 0.4) is 0 Å². The second kappa shape index (κ2) is 10.6. The van der Waals surface area contributed by atoms with Crippen LogP contribution in [-0.2, 0) is 23.1 Å². The SMILES string of the molecule is CC[C@@H]1CN(Cc2cc([C@@H](CC(=O)O)c3ccc4c(nnn4C)c3C)ccc2C)CC2=C(CCC(O)=N2)O1. The summed E-state index contributed by atoms with van der Waals surface area (Å²) in [6.07, 6.45) is 2.11. The third-order valence-electron chi connectivity index (χ3n) is 7.76. The summed E-state index contributed by atoms with van der Waals surface area (Å²) in [5.74, 6) is -0.115. The number of aliphatic carboxylic acids is 1. The molecule has 9 heteroatoms. The molecule has 0 radical (unpaired) electrons. The molecule has 0 spiro atoms. The van der Waals surface area contributed by atoms with Gasteiger partial charge < -0.3 is 14.9 Å². The molecule has 3 aromatic rings. The number of aromatic nitrogens is 3. The van der Waals surface area contributed by atoms with E-state index in [0.29, 0.717) is 25.9 Å². The first-order valence-corrected chi connectivity index (χ1v) is 13.2. The second-order valence-electron chi connectivity index (χ2n) is 10.4. The lowest BCUT2D eigenvalue weighted by molar-refractivity contribution is -0.137. The zero-order valence-corrected chi connectivity index (χ0v) is 22.4. The zero-order valence-electron chi connectivity index (χ0n) is 22.4. The van der Waals surface area contributed by atoms with Crippen LogP contribution in [0.1, 0.15) is 66.3 Å². The molecule has 3 heterocycles. The number of rotatable bonds is 7. The van der Waals surface area contributed by atoms with E-state index in [1.807, 2.05) is 32.2 Å². The number of ether oxygens (including phenoxy) is 1. The molecule has 2 aliphatic heterocycles. The van der Waals surface area contributed by atoms with Crippen molar-refractivity contribution in [2.24, 2.45) is 12.0 Å². The van der Waals surface area contributed by atoms with Crippen LogP contribution < -0.4 is 0 Å². The van der Waals surface area contributed by atoms with Crippen molar-refractivity contribution >= 4 is 22.9 Å². The Bertz CT molecular complexity index is 1440. The van der Waals surface area contributed by atoms with Gasteiger partial charge in [-0.3, -0.25) is 9.69 Å². The van der Waals surface area contributed by atoms with Crippen molar-refractivity contribution in [3.05, 3.63) is 69.6 Å². The molecular weight excluding hydrogens is 482 g/mol. The van der Waals surface area contributed by atoms with Gasteiger partial charge in [0.05, 0.1) is 17.6 Å². The highest BCUT2D eigenvalue weighted by atomic mass is 16.5. The molecular formula is C29H35N5O4. The van der Waals surface area contributed by atoms with Gasteiger partial charge in [-0.15, -0.1) is 5.10 Å². The molecule has 5 rings (SSSR count). The number of carbonyl (C=O) groups is 1. The van der Waals surface area contributed by atoms with E-state index in [1.54, 1.807) is 4.68 Å². The van der Waals surface area contributed by atoms with E-state index in [1.165, 1.54) is 0 Å². The summed E-state index contributed by atoms with van der Waals surface area (Å²) in [6.45, 7) is 8.23. The molecule has 0 unspecified atom stereocenters. The lowest BCUT2D eigenvalue weighted by Crippen LogP contribution is -2.32. The smallest absolute Gasteiger partial charge is 0.304 e. The average Bonchev–Trinajstić information content (AvgIpc) is 3.17. The lowest BCUT2D eigenvalue weighted by atomic mass is 9.84. The van der Waals surface area contributed by atoms with Gasteiger partial charge in [-0.05, 0) is 54.2 Å². The van der Waals surface area contributed by atoms with Gasteiger partial charge in [0.15, 0.2) is 5.90 Å². The maximum absolute atomic E-state index is 12.0. The van der Waals surface area contributed by atoms with Crippen LogP contribution in [0.15, 0.2) is 46.8 Å². The Labute approximate surface area is 222 Å². The number of fused-ring (bicyclic) bond motifs is 1. The molecule has 0 amide bonds. The van der Waals surface area contributed by atoms with Gasteiger partial charge in [0, 0.05) is 45.4 Å². The molecule has 2 aliphatic rings. The maximum Gasteiger partial charge on any atom is 0.304 e. The second-order valence-corrected chi connectivity index (χ2v) is 10.4. The minimum atomic E-state index is -0.847. The molecule has 0 saturated carbocycles. The van der Waals surface area contributed by atoms with Crippen molar-refractivity contribution in [3.8, 4) is 0 Å². The van der Waals surface area contributed by atoms with Crippen LogP contribution in [0.4, 0.5) is 0 Å². The molecule has 2 N–H and O–H groups in total. The first kappa shape index (κ1) is 25.9. The van der Waals surface area contributed by atoms with Crippen molar-refractivity contribution in [1.29, 1.82) is 0 Å². The number of allylic oxidation sites excluding steroid dienone is 1. The number of aryl methyl sites for hydroxylation is 3. The third kappa shape index (κ3) is 5.15. The van der Waals surface area contributed by atoms with Gasteiger partial charge in [0.25, 0.3) is 0 Å². The number of aliphatic imine (C=N–C) groups is 1. The summed E-state index contributed by atoms with van der Waals surface area (Å²) in [6, 6.07) is 10.2. The number of hydrogen-bond acceptors (Lipinski definition) is 6. The Kier molecular flexibility index (Phi) is 7.21. The lowest BCUT2D eigenvalue weighted by Gasteiger charge is -2.25. The number of carboxylic acids is 1. The maximum atomic E-state index is 12.0. The monoisotopic (exact) mass is 517 g/mol. The van der Waals surface area contributed by atoms with Crippen LogP contribution in [0, 0.1) is 13.8 Å². The predicted octanol–water partition coefficient (Wildman–Crippen LogP) is 4.76. The van der Waals surface area contributed by atoms with Crippen molar-refractivity contribution in [2.75, 3.05) is 13.1 Å². The third-order valence-corrected chi connectivity index (χ3v) is 7.76. The molecule has 0 aliphatic carbocycles. The molecule has 2 aromatic carbocycles. The summed E-state index contributed by atoms with van der Waals surface area (Å²) in [5.41, 5.74) is 7.67. The van der Waals surface area contributed by atoms with Gasteiger partial charge in [0.1, 0.15) is 17.4 Å². The largest absolute Gasteiger partial charge is 0.496 e. The number of aliphatic hydroxyl groups excluding tert-OH is 1. The summed E-state index contributed by atoms with van der Waals surface area (Å²) in [5, 5.41) is 28.3. The number of aliphatic hydroxyl groups is 1. The average molecular weight is 518 g/mol. The van der Waals surface area contributed by atoms with Crippen LogP contribution in [0.2, 0.25) is 0 Å². The molecule has 2 atom stereocenters. The number of nitrogens with zero attached hydrogens (tertiary/aromatic N) is 5. The summed E-state index contributed by atoms with van der Waals surface area (Å²) < 4.78 is 8.00. The van der Waals surface area contributed by atoms with Crippen molar-refractivity contribution in [1.82, 2.24) is 19.9 Å². The minimum absolute atomic E-state index is 0.0190. The Morgan fingerprint density at radius 3 is 2.79 bits per heavy atom. The van der Waals surface area contributed by atoms with Crippen molar-refractivity contribution < 1.29 is 19.7 Å². The predicted molar refractivity (Wildman–Crippen MR) is 145 cm³/mol. The molecule has 0 saturated heterocycles. The minimum Gasteiger partial charge on any atom is -0.496 e. The fraction of sp³-hybridized carbons (Fsp3) is 0.448. The van der Waals surface area contributed by atoms with E-state index in [4.69, 9.17) is 4.74 Å². The van der Waals surface area contributed by atoms with Crippen LogP contribution in [0.5, 0.6) is 0 Å². The summed E-state index contributed by atoms with van der Waals surface area (Å²) >= 11 is 0. The Morgan fingerprint density at radius 1 is 1.21 bits per heavy atom. The molecule has 1 aromatic heterocycles. The Morgan fingerprint density at radius 2 is 2.03 bits per heavy atom. The van der Waals surface area contributed by atoms with E-state index in [9.17, 15) is 15.0 Å². The topological polar surface area (TPSA) is 113 Å². The van der Waals surface area contributed by atoms with Crippen molar-refractivity contribution in [3.63, 3.8) is 0 Å². The van der Waals surface area contributed by atoms with Crippen LogP contribution in [-0.4, -0.2) is 61.2 Å². The molecule has 0 fully saturated rings. The van der Waals surface area contributed by atoms with Crippen LogP contribution >= 0.6 is 0 Å². The van der Waals surface area contributed by atoms with Crippen molar-refractivity contribution in [2.45, 2.75) is 65.0 Å². The zero-order chi connectivity index (χ0) is 27.0. The van der Waals surface area contributed by atoms with Gasteiger partial charge >= 0.3 is 5.97 Å². The van der Waals surface area contributed by atoms with E-state index >= 15 is 0 Å². The van der Waals surface area contributed by atoms with E-state index in [2.05, 4.69) is 46.2 Å². The fourth-order valence-corrected chi connectivity index (χ4v) is 5.56. The summed E-state index contributed by atoms with van der Waals surface area (Å²) in [4.78, 5) is 18.7. The van der Waals surface area contributed by atoms with Gasteiger partial charge in [-0.1, -0.05) is 36.4 Å². The number of carboxylic acid groups (broad SMARTS) is 1. The highest BCUT2D eigenvalue weighted by molar-refractivity contribution is 5.80. The van der Waals surface area contributed by atoms with Gasteiger partial charge in [-0.2, -0.15) is 0 Å². The highest BCUT2D eigenvalue weighted by Crippen LogP contribution is 2.35. The van der Waals surface area contributed by atoms with Gasteiger partial charge in [0.2, 0.25) is 0 Å². The normalized spacial score (nSPS) is 19.1. The molecule has 200 valence electrons. The molecule has 9 nitrogen and oxygen atoms in total. The molecule has 0 bridgehead atoms. The standard InChI is InChI=1S/C29H35N5O4/c1-5-21-15-34(16-24-26(38-21)10-11-27(35)30-24)14-20-12-19(7-6-17(20)2)23(13-28(36)37)22-8-9-25-29(18(22)3)31-32-33(25)4/h6-9,12,21,23H,5,10-11,13-16H2,1-4H3,(H,30,35)(H,36,37)/t21-,23-/m1/s1. The van der Waals surface area contributed by atoms with Gasteiger partial charge in [-0.25, -0.2) is 9.67 Å². The fourth-order valence-electron chi connectivity index (χ4n) is 5.56. The first-order valence-electron chi connectivity index (χ1n) is 13.2. The Hall–Kier alpha value is -3.72. The highest BCUT2D eigenvalue weighted by Gasteiger charge is 2.28. The van der Waals surface area contributed by atoms with E-state index in [0.717, 1.165) is 63.3 Å². The summed E-state index contributed by atoms with van der Waals surface area (Å²) in [7, 11) is 1.85. The quantitative estimate of drug-likeness (QED) is 0.464. The first-order chi connectivity index (χ1) is 18.2. The van der Waals surface area contributed by atoms with E-state index < -0.39 is 5.97 Å². The molecule has 38 heavy (non-hydrogen) atoms. The Balaban J connectivity index is 1.49. The number of hydrogen-bond donors (Lipinski definition) is 2.